The number of thiazole rings is 1. The fourth-order valence-corrected chi connectivity index (χ4v) is 1.48. The van der Waals surface area contributed by atoms with Crippen molar-refractivity contribution in [3.63, 3.8) is 0 Å². The van der Waals surface area contributed by atoms with Crippen LogP contribution in [0.1, 0.15) is 6.92 Å². The number of aromatic nitrogens is 1. The summed E-state index contributed by atoms with van der Waals surface area (Å²) in [7, 11) is 0. The van der Waals surface area contributed by atoms with Gasteiger partial charge < -0.3 is 0 Å². The molecule has 0 fully saturated rings. The molecular formula is C9H10INS. The van der Waals surface area contributed by atoms with Crippen LogP contribution in [0.4, 0.5) is 0 Å². The zero-order chi connectivity index (χ0) is 8.81. The Morgan fingerprint density at radius 3 is 2.75 bits per heavy atom. The highest BCUT2D eigenvalue weighted by Gasteiger charge is 1.89. The third-order valence-electron chi connectivity index (χ3n) is 1.24. The number of alkyl halides is 1. The molecule has 12 heavy (non-hydrogen) atoms. The largest absolute Gasteiger partial charge is 0.245 e. The van der Waals surface area contributed by atoms with Crippen molar-refractivity contribution in [1.82, 2.24) is 4.98 Å². The minimum atomic E-state index is 1.10. The van der Waals surface area contributed by atoms with Gasteiger partial charge in [0, 0.05) is 0 Å². The van der Waals surface area contributed by atoms with Crippen LogP contribution in [0.3, 0.4) is 0 Å². The van der Waals surface area contributed by atoms with Gasteiger partial charge in [-0.1, -0.05) is 41.6 Å². The Labute approximate surface area is 90.0 Å². The summed E-state index contributed by atoms with van der Waals surface area (Å²) < 4.78 is 2.48. The number of nitrogens with zero attached hydrogens (tertiary/aromatic N) is 1. The van der Waals surface area contributed by atoms with Crippen LogP contribution in [0.15, 0.2) is 29.8 Å². The minimum absolute atomic E-state index is 1.10. The molecule has 3 heteroatoms. The molecule has 1 heterocycles. The van der Waals surface area contributed by atoms with Crippen molar-refractivity contribution >= 4 is 44.1 Å². The van der Waals surface area contributed by atoms with E-state index in [1.807, 2.05) is 23.7 Å². The van der Waals surface area contributed by atoms with Crippen LogP contribution < -0.4 is 0 Å². The summed E-state index contributed by atoms with van der Waals surface area (Å²) >= 11 is 3.96. The van der Waals surface area contributed by atoms with E-state index in [0.29, 0.717) is 0 Å². The molecule has 0 saturated carbocycles. The summed E-state index contributed by atoms with van der Waals surface area (Å²) in [5, 5.41) is 0. The first-order chi connectivity index (χ1) is 5.88. The van der Waals surface area contributed by atoms with Crippen molar-refractivity contribution in [2.24, 2.45) is 0 Å². The highest BCUT2D eigenvalue weighted by Crippen LogP contribution is 2.15. The molecule has 64 valence electrons. The lowest BCUT2D eigenvalue weighted by atomic mass is 10.3. The molecule has 0 atom stereocenters. The standard InChI is InChI=1S/C7H5NS.C2H5I/c1-2-4-7-6(3-1)8-5-9-7;1-2-3/h1-5H;2H2,1H3. The van der Waals surface area contributed by atoms with Crippen molar-refractivity contribution in [3.05, 3.63) is 29.8 Å². The molecule has 0 aliphatic carbocycles. The zero-order valence-electron chi connectivity index (χ0n) is 6.83. The Bertz CT molecular complexity index is 302. The highest BCUT2D eigenvalue weighted by atomic mass is 127. The molecule has 1 aromatic heterocycles. The average Bonchev–Trinajstić information content (AvgIpc) is 2.52. The summed E-state index contributed by atoms with van der Waals surface area (Å²) in [6, 6.07) is 8.13. The Morgan fingerprint density at radius 2 is 2.08 bits per heavy atom. The summed E-state index contributed by atoms with van der Waals surface area (Å²) in [6.07, 6.45) is 0. The lowest BCUT2D eigenvalue weighted by Crippen LogP contribution is -1.61. The second-order valence-electron chi connectivity index (χ2n) is 2.09. The van der Waals surface area contributed by atoms with Crippen molar-refractivity contribution in [3.8, 4) is 0 Å². The van der Waals surface area contributed by atoms with E-state index in [1.54, 1.807) is 11.3 Å². The van der Waals surface area contributed by atoms with Crippen LogP contribution in [0.5, 0.6) is 0 Å². The maximum absolute atomic E-state index is 4.14. The van der Waals surface area contributed by atoms with Gasteiger partial charge in [-0.05, 0) is 16.6 Å². The molecule has 0 radical (unpaired) electrons. The van der Waals surface area contributed by atoms with Crippen LogP contribution >= 0.6 is 33.9 Å². The Balaban J connectivity index is 0.000000213. The van der Waals surface area contributed by atoms with Gasteiger partial charge in [-0.2, -0.15) is 0 Å². The van der Waals surface area contributed by atoms with Gasteiger partial charge in [0.2, 0.25) is 0 Å². The molecule has 0 aliphatic rings. The number of halogens is 1. The molecule has 0 aliphatic heterocycles. The van der Waals surface area contributed by atoms with Crippen LogP contribution in [0.2, 0.25) is 0 Å². The SMILES string of the molecule is CCI.c1ccc2scnc2c1. The number of para-hydroxylation sites is 1. The second-order valence-corrected chi connectivity index (χ2v) is 4.50. The van der Waals surface area contributed by atoms with Gasteiger partial charge in [0.1, 0.15) is 0 Å². The predicted octanol–water partition coefficient (Wildman–Crippen LogP) is 3.74. The van der Waals surface area contributed by atoms with Crippen molar-refractivity contribution in [1.29, 1.82) is 0 Å². The Kier molecular flexibility index (Phi) is 4.53. The van der Waals surface area contributed by atoms with E-state index in [9.17, 15) is 0 Å². The maximum Gasteiger partial charge on any atom is 0.0812 e. The van der Waals surface area contributed by atoms with Gasteiger partial charge in [0.25, 0.3) is 0 Å². The summed E-state index contributed by atoms with van der Waals surface area (Å²) in [4.78, 5) is 4.14. The number of fused-ring (bicyclic) bond motifs is 1. The van der Waals surface area contributed by atoms with Crippen LogP contribution in [-0.4, -0.2) is 9.41 Å². The van der Waals surface area contributed by atoms with E-state index in [0.717, 1.165) is 5.52 Å². The zero-order valence-corrected chi connectivity index (χ0v) is 9.80. The first-order valence-electron chi connectivity index (χ1n) is 3.72. The molecular weight excluding hydrogens is 281 g/mol. The summed E-state index contributed by atoms with van der Waals surface area (Å²) in [5.74, 6) is 0. The monoisotopic (exact) mass is 291 g/mol. The quantitative estimate of drug-likeness (QED) is 0.532. The predicted molar refractivity (Wildman–Crippen MR) is 64.2 cm³/mol. The third kappa shape index (κ3) is 2.71. The van der Waals surface area contributed by atoms with Gasteiger partial charge in [-0.15, -0.1) is 11.3 Å². The van der Waals surface area contributed by atoms with Gasteiger partial charge in [0.05, 0.1) is 15.7 Å². The first kappa shape index (κ1) is 9.92. The minimum Gasteiger partial charge on any atom is -0.245 e. The van der Waals surface area contributed by atoms with Gasteiger partial charge in [-0.25, -0.2) is 4.98 Å². The van der Waals surface area contributed by atoms with Crippen LogP contribution in [0.25, 0.3) is 10.2 Å². The van der Waals surface area contributed by atoms with Gasteiger partial charge in [0.15, 0.2) is 0 Å². The van der Waals surface area contributed by atoms with E-state index in [2.05, 4.69) is 40.6 Å². The molecule has 0 N–H and O–H groups in total. The lowest BCUT2D eigenvalue weighted by Gasteiger charge is -1.80. The van der Waals surface area contributed by atoms with Crippen LogP contribution in [0, 0.1) is 0 Å². The topological polar surface area (TPSA) is 12.9 Å². The molecule has 2 rings (SSSR count). The molecule has 0 saturated heterocycles. The molecule has 1 aromatic carbocycles. The third-order valence-corrected chi connectivity index (χ3v) is 2.05. The normalized spacial score (nSPS) is 9.17. The van der Waals surface area contributed by atoms with Crippen LogP contribution in [-0.2, 0) is 0 Å². The van der Waals surface area contributed by atoms with Crippen molar-refractivity contribution in [2.45, 2.75) is 6.92 Å². The van der Waals surface area contributed by atoms with Crippen molar-refractivity contribution in [2.75, 3.05) is 4.43 Å². The summed E-state index contributed by atoms with van der Waals surface area (Å²) in [5.41, 5.74) is 2.97. The lowest BCUT2D eigenvalue weighted by molar-refractivity contribution is 1.50. The molecule has 0 amide bonds. The Morgan fingerprint density at radius 1 is 1.42 bits per heavy atom. The second kappa shape index (κ2) is 5.48. The maximum atomic E-state index is 4.14. The number of hydrogen-bond acceptors (Lipinski definition) is 2. The fraction of sp³-hybridized carbons (Fsp3) is 0.222. The molecule has 0 spiro atoms. The molecule has 1 nitrogen and oxygen atoms in total. The smallest absolute Gasteiger partial charge is 0.0812 e. The number of rotatable bonds is 0. The van der Waals surface area contributed by atoms with Crippen molar-refractivity contribution < 1.29 is 0 Å². The average molecular weight is 291 g/mol. The summed E-state index contributed by atoms with van der Waals surface area (Å²) in [6.45, 7) is 2.11. The molecule has 0 bridgehead atoms. The van der Waals surface area contributed by atoms with E-state index < -0.39 is 0 Å². The van der Waals surface area contributed by atoms with E-state index >= 15 is 0 Å². The van der Waals surface area contributed by atoms with E-state index in [-0.39, 0.29) is 0 Å². The van der Waals surface area contributed by atoms with Gasteiger partial charge >= 0.3 is 0 Å². The molecule has 0 unspecified atom stereocenters. The molecule has 2 aromatic rings. The first-order valence-corrected chi connectivity index (χ1v) is 6.13. The fourth-order valence-electron chi connectivity index (χ4n) is 0.803. The highest BCUT2D eigenvalue weighted by molar-refractivity contribution is 14.1. The number of hydrogen-bond donors (Lipinski definition) is 0. The Hall–Kier alpha value is -0.160. The van der Waals surface area contributed by atoms with E-state index in [4.69, 9.17) is 0 Å². The van der Waals surface area contributed by atoms with E-state index in [1.165, 1.54) is 9.13 Å². The number of benzene rings is 1. The van der Waals surface area contributed by atoms with Gasteiger partial charge in [-0.3, -0.25) is 0 Å².